The van der Waals surface area contributed by atoms with Crippen LogP contribution < -0.4 is 15.4 Å². The van der Waals surface area contributed by atoms with Crippen molar-refractivity contribution >= 4 is 40.9 Å². The fraction of sp³-hybridized carbons (Fsp3) is 0.278. The van der Waals surface area contributed by atoms with Crippen molar-refractivity contribution in [2.24, 2.45) is 5.73 Å². The monoisotopic (exact) mass is 447 g/mol. The third-order valence-corrected chi connectivity index (χ3v) is 5.12. The second kappa shape index (κ2) is 9.84. The van der Waals surface area contributed by atoms with Gasteiger partial charge in [0, 0.05) is 24.8 Å². The molecule has 0 bridgehead atoms. The van der Waals surface area contributed by atoms with Crippen LogP contribution in [0, 0.1) is 0 Å². The van der Waals surface area contributed by atoms with Crippen LogP contribution in [0.2, 0.25) is 5.02 Å². The van der Waals surface area contributed by atoms with Crippen LogP contribution in [0.1, 0.15) is 12.0 Å². The first kappa shape index (κ1) is 22.8. The lowest BCUT2D eigenvalue weighted by Crippen LogP contribution is -2.35. The van der Waals surface area contributed by atoms with Crippen molar-refractivity contribution < 1.29 is 27.5 Å². The number of methoxy groups -OCH3 is 1. The Morgan fingerprint density at radius 3 is 2.45 bits per heavy atom. The lowest BCUT2D eigenvalue weighted by molar-refractivity contribution is -0.138. The molecule has 156 valence electrons. The summed E-state index contributed by atoms with van der Waals surface area (Å²) in [5.41, 5.74) is 4.72. The number of benzene rings is 1. The van der Waals surface area contributed by atoms with E-state index in [-0.39, 0.29) is 34.7 Å². The van der Waals surface area contributed by atoms with E-state index < -0.39 is 17.6 Å². The number of anilines is 1. The zero-order valence-electron chi connectivity index (χ0n) is 15.2. The van der Waals surface area contributed by atoms with Gasteiger partial charge >= 0.3 is 6.18 Å². The Balaban J connectivity index is 2.13. The number of aromatic nitrogens is 1. The van der Waals surface area contributed by atoms with Crippen molar-refractivity contribution in [3.05, 3.63) is 47.1 Å². The molecular formula is C18H17ClF3N3O3S. The highest BCUT2D eigenvalue weighted by Crippen LogP contribution is 2.34. The van der Waals surface area contributed by atoms with E-state index in [4.69, 9.17) is 22.1 Å². The number of ether oxygens (including phenoxy) is 1. The topological polar surface area (TPSA) is 85.5 Å². The van der Waals surface area contributed by atoms with Gasteiger partial charge in [-0.05, 0) is 30.3 Å². The maximum atomic E-state index is 12.7. The van der Waals surface area contributed by atoms with Crippen molar-refractivity contribution in [3.63, 3.8) is 0 Å². The van der Waals surface area contributed by atoms with Gasteiger partial charge in [-0.15, -0.1) is 0 Å². The van der Waals surface area contributed by atoms with Gasteiger partial charge in [0.05, 0.1) is 23.4 Å². The Morgan fingerprint density at radius 1 is 1.28 bits per heavy atom. The van der Waals surface area contributed by atoms with Crippen LogP contribution in [0.15, 0.2) is 41.6 Å². The molecule has 2 rings (SSSR count). The van der Waals surface area contributed by atoms with Crippen LogP contribution in [0.25, 0.3) is 0 Å². The minimum absolute atomic E-state index is 0.0508. The van der Waals surface area contributed by atoms with E-state index in [0.29, 0.717) is 17.6 Å². The SMILES string of the molecule is COc1ccc(N(CCC(N)=O)C(=O)CSc2ncc(C(F)(F)F)cc2Cl)cc1. The molecule has 0 unspecified atom stereocenters. The second-order valence-corrected chi connectivity index (χ2v) is 7.13. The maximum Gasteiger partial charge on any atom is 0.417 e. The Hall–Kier alpha value is -2.46. The number of nitrogens with two attached hydrogens (primary N) is 1. The minimum Gasteiger partial charge on any atom is -0.497 e. The predicted molar refractivity (Wildman–Crippen MR) is 104 cm³/mol. The van der Waals surface area contributed by atoms with E-state index >= 15 is 0 Å². The summed E-state index contributed by atoms with van der Waals surface area (Å²) in [5, 5.41) is -0.108. The molecule has 2 aromatic rings. The molecule has 0 radical (unpaired) electrons. The third-order valence-electron chi connectivity index (χ3n) is 3.73. The van der Waals surface area contributed by atoms with Crippen molar-refractivity contribution in [2.45, 2.75) is 17.6 Å². The Bertz CT molecular complexity index is 879. The fourth-order valence-electron chi connectivity index (χ4n) is 2.28. The van der Waals surface area contributed by atoms with Gasteiger partial charge in [-0.3, -0.25) is 9.59 Å². The number of halogens is 4. The molecule has 0 fully saturated rings. The summed E-state index contributed by atoms with van der Waals surface area (Å²) in [5.74, 6) is -0.523. The molecule has 1 heterocycles. The van der Waals surface area contributed by atoms with Gasteiger partial charge in [0.1, 0.15) is 10.8 Å². The summed E-state index contributed by atoms with van der Waals surface area (Å²) in [7, 11) is 1.50. The lowest BCUT2D eigenvalue weighted by Gasteiger charge is -2.22. The number of thioether (sulfide) groups is 1. The predicted octanol–water partition coefficient (Wildman–Crippen LogP) is 3.76. The van der Waals surface area contributed by atoms with Crippen LogP contribution in [0.5, 0.6) is 5.75 Å². The number of alkyl halides is 3. The smallest absolute Gasteiger partial charge is 0.417 e. The van der Waals surface area contributed by atoms with Crippen molar-refractivity contribution in [1.29, 1.82) is 0 Å². The van der Waals surface area contributed by atoms with Gasteiger partial charge in [0.2, 0.25) is 11.8 Å². The number of primary amides is 1. The number of amides is 2. The van der Waals surface area contributed by atoms with Gasteiger partial charge in [-0.2, -0.15) is 13.2 Å². The van der Waals surface area contributed by atoms with Crippen LogP contribution in [0.4, 0.5) is 18.9 Å². The Kier molecular flexibility index (Phi) is 7.74. The Labute approximate surface area is 174 Å². The van der Waals surface area contributed by atoms with E-state index in [0.717, 1.165) is 17.8 Å². The van der Waals surface area contributed by atoms with Gasteiger partial charge < -0.3 is 15.4 Å². The average Bonchev–Trinajstić information content (AvgIpc) is 2.66. The van der Waals surface area contributed by atoms with Crippen LogP contribution in [0.3, 0.4) is 0 Å². The van der Waals surface area contributed by atoms with Crippen LogP contribution >= 0.6 is 23.4 Å². The molecule has 29 heavy (non-hydrogen) atoms. The number of hydrogen-bond acceptors (Lipinski definition) is 5. The van der Waals surface area contributed by atoms with Crippen molar-refractivity contribution in [2.75, 3.05) is 24.3 Å². The first-order chi connectivity index (χ1) is 13.6. The first-order valence-electron chi connectivity index (χ1n) is 8.20. The molecule has 2 amide bonds. The Morgan fingerprint density at radius 2 is 1.93 bits per heavy atom. The number of hydrogen-bond donors (Lipinski definition) is 1. The molecular weight excluding hydrogens is 431 g/mol. The molecule has 0 aliphatic heterocycles. The quantitative estimate of drug-likeness (QED) is 0.623. The second-order valence-electron chi connectivity index (χ2n) is 5.76. The minimum atomic E-state index is -4.56. The van der Waals surface area contributed by atoms with Gasteiger partial charge in [-0.1, -0.05) is 23.4 Å². The standard InChI is InChI=1S/C18H17ClF3N3O3S/c1-28-13-4-2-12(3-5-13)25(7-6-15(23)26)16(27)10-29-17-14(19)8-11(9-24-17)18(20,21)22/h2-5,8-9H,6-7,10H2,1H3,(H2,23,26). The van der Waals surface area contributed by atoms with Gasteiger partial charge in [0.15, 0.2) is 0 Å². The van der Waals surface area contributed by atoms with E-state index in [2.05, 4.69) is 4.98 Å². The fourth-order valence-corrected chi connectivity index (χ4v) is 3.35. The summed E-state index contributed by atoms with van der Waals surface area (Å²) >= 11 is 6.77. The highest BCUT2D eigenvalue weighted by Gasteiger charge is 2.31. The third kappa shape index (κ3) is 6.53. The zero-order valence-corrected chi connectivity index (χ0v) is 16.8. The number of nitrogens with zero attached hydrogens (tertiary/aromatic N) is 2. The number of carbonyl (C=O) groups excluding carboxylic acids is 2. The summed E-state index contributed by atoms with van der Waals surface area (Å²) in [4.78, 5) is 28.9. The molecule has 0 spiro atoms. The molecule has 2 N–H and O–H groups in total. The largest absolute Gasteiger partial charge is 0.497 e. The molecule has 1 aromatic heterocycles. The van der Waals surface area contributed by atoms with E-state index in [1.165, 1.54) is 12.0 Å². The van der Waals surface area contributed by atoms with Crippen molar-refractivity contribution in [1.82, 2.24) is 4.98 Å². The molecule has 0 saturated heterocycles. The maximum absolute atomic E-state index is 12.7. The molecule has 0 saturated carbocycles. The molecule has 11 heteroatoms. The number of pyridine rings is 1. The normalized spacial score (nSPS) is 11.2. The molecule has 6 nitrogen and oxygen atoms in total. The lowest BCUT2D eigenvalue weighted by atomic mass is 10.2. The highest BCUT2D eigenvalue weighted by atomic mass is 35.5. The van der Waals surface area contributed by atoms with E-state index in [1.54, 1.807) is 24.3 Å². The van der Waals surface area contributed by atoms with Crippen LogP contribution in [-0.4, -0.2) is 36.2 Å². The number of rotatable bonds is 8. The summed E-state index contributed by atoms with van der Waals surface area (Å²) < 4.78 is 43.2. The highest BCUT2D eigenvalue weighted by molar-refractivity contribution is 8.00. The van der Waals surface area contributed by atoms with Crippen molar-refractivity contribution in [3.8, 4) is 5.75 Å². The summed E-state index contributed by atoms with van der Waals surface area (Å²) in [6, 6.07) is 7.36. The number of carbonyl (C=O) groups is 2. The van der Waals surface area contributed by atoms with Gasteiger partial charge in [-0.25, -0.2) is 4.98 Å². The first-order valence-corrected chi connectivity index (χ1v) is 9.56. The average molecular weight is 448 g/mol. The summed E-state index contributed by atoms with van der Waals surface area (Å²) in [6.07, 6.45) is -3.95. The molecule has 0 aliphatic rings. The molecule has 0 atom stereocenters. The molecule has 0 aliphatic carbocycles. The van der Waals surface area contributed by atoms with E-state index in [1.807, 2.05) is 0 Å². The van der Waals surface area contributed by atoms with Crippen LogP contribution in [-0.2, 0) is 15.8 Å². The van der Waals surface area contributed by atoms with Gasteiger partial charge in [0.25, 0.3) is 0 Å². The van der Waals surface area contributed by atoms with E-state index in [9.17, 15) is 22.8 Å². The zero-order chi connectivity index (χ0) is 21.6. The summed E-state index contributed by atoms with van der Waals surface area (Å²) in [6.45, 7) is 0.0508. The molecule has 1 aromatic carbocycles.